The number of aryl methyl sites for hydroxylation is 4. The summed E-state index contributed by atoms with van der Waals surface area (Å²) in [5, 5.41) is 8.42. The quantitative estimate of drug-likeness (QED) is 0.704. The van der Waals surface area contributed by atoms with Gasteiger partial charge >= 0.3 is 0 Å². The van der Waals surface area contributed by atoms with Crippen molar-refractivity contribution in [3.8, 4) is 16.9 Å². The molecule has 0 amide bonds. The molecule has 0 bridgehead atoms. The fraction of sp³-hybridized carbons (Fsp3) is 0.222. The first-order valence-electron chi connectivity index (χ1n) is 7.12. The van der Waals surface area contributed by atoms with E-state index in [-0.39, 0.29) is 0 Å². The van der Waals surface area contributed by atoms with Crippen molar-refractivity contribution in [1.82, 2.24) is 15.0 Å². The van der Waals surface area contributed by atoms with Crippen molar-refractivity contribution in [1.29, 1.82) is 0 Å². The van der Waals surface area contributed by atoms with Crippen LogP contribution in [-0.4, -0.2) is 15.0 Å². The zero-order valence-corrected chi connectivity index (χ0v) is 12.9. The van der Waals surface area contributed by atoms with Gasteiger partial charge in [0.1, 0.15) is 0 Å². The Balaban J connectivity index is 2.18. The van der Waals surface area contributed by atoms with E-state index in [1.165, 1.54) is 22.3 Å². The molecule has 0 radical (unpaired) electrons. The number of hydrogen-bond acceptors (Lipinski definition) is 2. The summed E-state index contributed by atoms with van der Waals surface area (Å²) in [5.74, 6) is 0. The van der Waals surface area contributed by atoms with Gasteiger partial charge in [-0.2, -0.15) is 0 Å². The Hall–Kier alpha value is -2.42. The topological polar surface area (TPSA) is 30.7 Å². The van der Waals surface area contributed by atoms with E-state index in [4.69, 9.17) is 0 Å². The fourth-order valence-corrected chi connectivity index (χ4v) is 2.83. The first kappa shape index (κ1) is 13.6. The van der Waals surface area contributed by atoms with Gasteiger partial charge in [0.25, 0.3) is 0 Å². The second-order valence-electron chi connectivity index (χ2n) is 5.64. The Kier molecular flexibility index (Phi) is 3.34. The molecule has 0 atom stereocenters. The molecule has 1 aromatic heterocycles. The Morgan fingerprint density at radius 3 is 2.05 bits per heavy atom. The van der Waals surface area contributed by atoms with Gasteiger partial charge in [-0.3, -0.25) is 0 Å². The molecule has 1 heterocycles. The predicted molar refractivity (Wildman–Crippen MR) is 85.7 cm³/mol. The molecule has 3 heteroatoms. The lowest BCUT2D eigenvalue weighted by Gasteiger charge is -2.13. The van der Waals surface area contributed by atoms with Gasteiger partial charge in [0.05, 0.1) is 17.6 Å². The molecule has 0 spiro atoms. The van der Waals surface area contributed by atoms with Crippen LogP contribution in [0.4, 0.5) is 0 Å². The standard InChI is InChI=1S/C18H19N3/c1-12-5-7-16(8-6-12)17-11-19-20-21(17)18-14(3)9-13(2)10-15(18)4/h5-11H,1-4H3. The van der Waals surface area contributed by atoms with E-state index in [1.54, 1.807) is 0 Å². The third-order valence-corrected chi connectivity index (χ3v) is 3.74. The summed E-state index contributed by atoms with van der Waals surface area (Å²) < 4.78 is 1.94. The molecule has 0 saturated heterocycles. The minimum Gasteiger partial charge on any atom is -0.212 e. The monoisotopic (exact) mass is 277 g/mol. The zero-order chi connectivity index (χ0) is 15.0. The van der Waals surface area contributed by atoms with E-state index >= 15 is 0 Å². The third-order valence-electron chi connectivity index (χ3n) is 3.74. The SMILES string of the molecule is Cc1ccc(-c2cnnn2-c2c(C)cc(C)cc2C)cc1. The van der Waals surface area contributed by atoms with Crippen LogP contribution in [0, 0.1) is 27.7 Å². The summed E-state index contributed by atoms with van der Waals surface area (Å²) in [6.45, 7) is 8.45. The average Bonchev–Trinajstić information content (AvgIpc) is 2.87. The maximum Gasteiger partial charge on any atom is 0.0944 e. The Labute approximate surface area is 125 Å². The summed E-state index contributed by atoms with van der Waals surface area (Å²) in [5.41, 5.74) is 8.22. The maximum atomic E-state index is 4.30. The van der Waals surface area contributed by atoms with Gasteiger partial charge in [-0.25, -0.2) is 4.68 Å². The summed E-state index contributed by atoms with van der Waals surface area (Å²) in [7, 11) is 0. The molecule has 0 fully saturated rings. The lowest BCUT2D eigenvalue weighted by atomic mass is 10.0. The molecule has 0 unspecified atom stereocenters. The number of hydrogen-bond donors (Lipinski definition) is 0. The first-order valence-corrected chi connectivity index (χ1v) is 7.12. The van der Waals surface area contributed by atoms with Crippen LogP contribution in [-0.2, 0) is 0 Å². The molecule has 21 heavy (non-hydrogen) atoms. The minimum absolute atomic E-state index is 1.02. The molecule has 0 aliphatic rings. The molecular formula is C18H19N3. The van der Waals surface area contributed by atoms with Gasteiger partial charge in [0, 0.05) is 5.56 Å². The highest BCUT2D eigenvalue weighted by atomic mass is 15.4. The largest absolute Gasteiger partial charge is 0.212 e. The molecule has 0 N–H and O–H groups in total. The molecule has 106 valence electrons. The fourth-order valence-electron chi connectivity index (χ4n) is 2.83. The Morgan fingerprint density at radius 2 is 1.43 bits per heavy atom. The van der Waals surface area contributed by atoms with Crippen molar-refractivity contribution in [3.63, 3.8) is 0 Å². The van der Waals surface area contributed by atoms with Crippen LogP contribution in [0.3, 0.4) is 0 Å². The Bertz CT molecular complexity index is 759. The summed E-state index contributed by atoms with van der Waals surface area (Å²) >= 11 is 0. The van der Waals surface area contributed by atoms with Crippen molar-refractivity contribution >= 4 is 0 Å². The molecule has 0 aliphatic carbocycles. The maximum absolute atomic E-state index is 4.30. The molecule has 0 aliphatic heterocycles. The van der Waals surface area contributed by atoms with Gasteiger partial charge in [-0.15, -0.1) is 5.10 Å². The van der Waals surface area contributed by atoms with E-state index in [0.717, 1.165) is 16.9 Å². The molecule has 0 saturated carbocycles. The van der Waals surface area contributed by atoms with Crippen LogP contribution in [0.15, 0.2) is 42.6 Å². The van der Waals surface area contributed by atoms with Crippen molar-refractivity contribution in [3.05, 3.63) is 64.8 Å². The second-order valence-corrected chi connectivity index (χ2v) is 5.64. The van der Waals surface area contributed by atoms with Gasteiger partial charge in [-0.05, 0) is 38.8 Å². The third kappa shape index (κ3) is 2.47. The first-order chi connectivity index (χ1) is 10.1. The second kappa shape index (κ2) is 5.17. The minimum atomic E-state index is 1.02. The van der Waals surface area contributed by atoms with Crippen LogP contribution < -0.4 is 0 Å². The normalized spacial score (nSPS) is 10.9. The van der Waals surface area contributed by atoms with E-state index in [1.807, 2.05) is 10.9 Å². The van der Waals surface area contributed by atoms with Crippen LogP contribution in [0.5, 0.6) is 0 Å². The highest BCUT2D eigenvalue weighted by Gasteiger charge is 2.13. The summed E-state index contributed by atoms with van der Waals surface area (Å²) in [6.07, 6.45) is 1.82. The van der Waals surface area contributed by atoms with Crippen LogP contribution >= 0.6 is 0 Å². The number of rotatable bonds is 2. The van der Waals surface area contributed by atoms with Crippen molar-refractivity contribution in [2.45, 2.75) is 27.7 Å². The number of benzene rings is 2. The van der Waals surface area contributed by atoms with E-state index in [0.29, 0.717) is 0 Å². The Morgan fingerprint density at radius 1 is 0.810 bits per heavy atom. The van der Waals surface area contributed by atoms with E-state index < -0.39 is 0 Å². The summed E-state index contributed by atoms with van der Waals surface area (Å²) in [6, 6.07) is 12.8. The highest BCUT2D eigenvalue weighted by molar-refractivity contribution is 5.63. The van der Waals surface area contributed by atoms with E-state index in [2.05, 4.69) is 74.4 Å². The van der Waals surface area contributed by atoms with Gasteiger partial charge < -0.3 is 0 Å². The van der Waals surface area contributed by atoms with Crippen molar-refractivity contribution in [2.24, 2.45) is 0 Å². The van der Waals surface area contributed by atoms with Gasteiger partial charge in [0.15, 0.2) is 0 Å². The molecule has 2 aromatic carbocycles. The molecule has 3 nitrogen and oxygen atoms in total. The number of nitrogens with zero attached hydrogens (tertiary/aromatic N) is 3. The molecular weight excluding hydrogens is 258 g/mol. The molecule has 3 rings (SSSR count). The van der Waals surface area contributed by atoms with Gasteiger partial charge in [-0.1, -0.05) is 52.7 Å². The smallest absolute Gasteiger partial charge is 0.0944 e. The van der Waals surface area contributed by atoms with Crippen molar-refractivity contribution < 1.29 is 0 Å². The summed E-state index contributed by atoms with van der Waals surface area (Å²) in [4.78, 5) is 0. The van der Waals surface area contributed by atoms with Crippen molar-refractivity contribution in [2.75, 3.05) is 0 Å². The number of aromatic nitrogens is 3. The van der Waals surface area contributed by atoms with E-state index in [9.17, 15) is 0 Å². The van der Waals surface area contributed by atoms with Crippen LogP contribution in [0.1, 0.15) is 22.3 Å². The van der Waals surface area contributed by atoms with Gasteiger partial charge in [0.2, 0.25) is 0 Å². The van der Waals surface area contributed by atoms with Crippen LogP contribution in [0.25, 0.3) is 16.9 Å². The zero-order valence-electron chi connectivity index (χ0n) is 12.9. The molecule has 3 aromatic rings. The average molecular weight is 277 g/mol. The van der Waals surface area contributed by atoms with Crippen LogP contribution in [0.2, 0.25) is 0 Å². The lowest BCUT2D eigenvalue weighted by Crippen LogP contribution is -2.04. The predicted octanol–water partition coefficient (Wildman–Crippen LogP) is 4.17. The highest BCUT2D eigenvalue weighted by Crippen LogP contribution is 2.26. The lowest BCUT2D eigenvalue weighted by molar-refractivity contribution is 0.797.